The van der Waals surface area contributed by atoms with Gasteiger partial charge in [0.05, 0.1) is 0 Å². The summed E-state index contributed by atoms with van der Waals surface area (Å²) in [6.07, 6.45) is 7.25. The van der Waals surface area contributed by atoms with Gasteiger partial charge in [-0.1, -0.05) is 18.2 Å². The number of benzene rings is 1. The number of nitrogens with one attached hydrogen (secondary N) is 2. The summed E-state index contributed by atoms with van der Waals surface area (Å²) in [5.41, 5.74) is 0.579. The molecule has 2 N–H and O–H groups in total. The fourth-order valence-electron chi connectivity index (χ4n) is 5.98. The van der Waals surface area contributed by atoms with Gasteiger partial charge in [0, 0.05) is 18.0 Å². The van der Waals surface area contributed by atoms with E-state index in [1.165, 1.54) is 19.3 Å². The highest BCUT2D eigenvalue weighted by atomic mass is 16.2. The smallest absolute Gasteiger partial charge is 0.251 e. The lowest BCUT2D eigenvalue weighted by Crippen LogP contribution is -2.61. The third-order valence-electron chi connectivity index (χ3n) is 6.52. The van der Waals surface area contributed by atoms with Gasteiger partial charge >= 0.3 is 0 Å². The zero-order valence-electron chi connectivity index (χ0n) is 14.3. The van der Waals surface area contributed by atoms with E-state index in [1.807, 2.05) is 18.2 Å². The number of carbonyl (C=O) groups excluding carboxylic acids is 2. The molecule has 1 aromatic carbocycles. The minimum absolute atomic E-state index is 0.0405. The summed E-state index contributed by atoms with van der Waals surface area (Å²) < 4.78 is 0. The molecule has 1 aromatic rings. The van der Waals surface area contributed by atoms with Gasteiger partial charge in [0.15, 0.2) is 0 Å². The first kappa shape index (κ1) is 15.7. The summed E-state index contributed by atoms with van der Waals surface area (Å²) in [4.78, 5) is 25.3. The van der Waals surface area contributed by atoms with E-state index in [2.05, 4.69) is 10.6 Å². The van der Waals surface area contributed by atoms with E-state index in [4.69, 9.17) is 0 Å². The Morgan fingerprint density at radius 2 is 1.54 bits per heavy atom. The van der Waals surface area contributed by atoms with Gasteiger partial charge in [-0.3, -0.25) is 9.59 Å². The molecule has 5 rings (SSSR count). The molecule has 4 heteroatoms. The average Bonchev–Trinajstić information content (AvgIpc) is 2.58. The molecule has 0 aromatic heterocycles. The lowest BCUT2D eigenvalue weighted by molar-refractivity contribution is -0.134. The number of likely N-dealkylation sites (N-methyl/N-ethyl adjacent to an activating group) is 1. The normalized spacial score (nSPS) is 34.6. The maximum Gasteiger partial charge on any atom is 0.251 e. The van der Waals surface area contributed by atoms with Crippen molar-refractivity contribution < 1.29 is 9.59 Å². The van der Waals surface area contributed by atoms with Gasteiger partial charge in [-0.15, -0.1) is 0 Å². The van der Waals surface area contributed by atoms with Crippen LogP contribution >= 0.6 is 0 Å². The average molecular weight is 326 g/mol. The maximum absolute atomic E-state index is 12.7. The molecule has 4 saturated carbocycles. The van der Waals surface area contributed by atoms with Crippen molar-refractivity contribution in [1.82, 2.24) is 10.6 Å². The summed E-state index contributed by atoms with van der Waals surface area (Å²) in [6, 6.07) is 8.80. The van der Waals surface area contributed by atoms with E-state index in [-0.39, 0.29) is 17.2 Å². The van der Waals surface area contributed by atoms with Crippen LogP contribution in [0.15, 0.2) is 30.3 Å². The highest BCUT2D eigenvalue weighted by Crippen LogP contribution is 2.61. The number of hydrogen-bond acceptors (Lipinski definition) is 2. The Bertz CT molecular complexity index is 605. The molecule has 0 aliphatic heterocycles. The molecule has 2 amide bonds. The van der Waals surface area contributed by atoms with Crippen LogP contribution in [0.3, 0.4) is 0 Å². The molecule has 0 heterocycles. The minimum atomic E-state index is -0.413. The second-order valence-electron chi connectivity index (χ2n) is 8.17. The molecule has 128 valence electrons. The molecule has 4 aliphatic rings. The largest absolute Gasteiger partial charge is 0.357 e. The summed E-state index contributed by atoms with van der Waals surface area (Å²) >= 11 is 0. The Morgan fingerprint density at radius 1 is 1.00 bits per heavy atom. The second kappa shape index (κ2) is 5.91. The van der Waals surface area contributed by atoms with Crippen molar-refractivity contribution in [1.29, 1.82) is 0 Å². The van der Waals surface area contributed by atoms with Gasteiger partial charge in [-0.25, -0.2) is 0 Å². The molecule has 0 radical (unpaired) electrons. The maximum atomic E-state index is 12.7. The van der Waals surface area contributed by atoms with E-state index >= 15 is 0 Å². The summed E-state index contributed by atoms with van der Waals surface area (Å²) in [6.45, 7) is 0. The topological polar surface area (TPSA) is 58.2 Å². The quantitative estimate of drug-likeness (QED) is 0.894. The van der Waals surface area contributed by atoms with Crippen LogP contribution < -0.4 is 10.6 Å². The van der Waals surface area contributed by atoms with E-state index in [0.717, 1.165) is 37.0 Å². The molecule has 0 unspecified atom stereocenters. The monoisotopic (exact) mass is 326 g/mol. The van der Waals surface area contributed by atoms with Crippen molar-refractivity contribution in [2.45, 2.75) is 44.6 Å². The van der Waals surface area contributed by atoms with Gasteiger partial charge in [0.2, 0.25) is 5.91 Å². The van der Waals surface area contributed by atoms with E-state index in [1.54, 1.807) is 19.2 Å². The Hall–Kier alpha value is -1.84. The van der Waals surface area contributed by atoms with Crippen molar-refractivity contribution in [3.05, 3.63) is 35.9 Å². The third-order valence-corrected chi connectivity index (χ3v) is 6.52. The minimum Gasteiger partial charge on any atom is -0.357 e. The second-order valence-corrected chi connectivity index (χ2v) is 8.17. The Labute approximate surface area is 143 Å². The molecule has 0 saturated heterocycles. The van der Waals surface area contributed by atoms with E-state index in [0.29, 0.717) is 5.56 Å². The molecule has 4 fully saturated rings. The van der Waals surface area contributed by atoms with Crippen molar-refractivity contribution in [3.63, 3.8) is 0 Å². The first-order valence-electron chi connectivity index (χ1n) is 9.17. The van der Waals surface area contributed by atoms with Gasteiger partial charge in [-0.05, 0) is 68.4 Å². The predicted molar refractivity (Wildman–Crippen MR) is 92.4 cm³/mol. The van der Waals surface area contributed by atoms with Crippen LogP contribution in [-0.4, -0.2) is 24.9 Å². The van der Waals surface area contributed by atoms with Crippen LogP contribution in [0.25, 0.3) is 0 Å². The van der Waals surface area contributed by atoms with Crippen molar-refractivity contribution in [3.8, 4) is 0 Å². The highest BCUT2D eigenvalue weighted by Gasteiger charge is 2.56. The lowest BCUT2D eigenvalue weighted by atomic mass is 9.47. The van der Waals surface area contributed by atoms with Crippen LogP contribution in [-0.2, 0) is 4.79 Å². The van der Waals surface area contributed by atoms with Crippen LogP contribution in [0.1, 0.15) is 48.9 Å². The molecular weight excluding hydrogens is 300 g/mol. The first-order chi connectivity index (χ1) is 11.6. The highest BCUT2D eigenvalue weighted by molar-refractivity contribution is 5.97. The van der Waals surface area contributed by atoms with Gasteiger partial charge in [0.1, 0.15) is 6.04 Å². The van der Waals surface area contributed by atoms with Crippen LogP contribution in [0, 0.1) is 23.2 Å². The van der Waals surface area contributed by atoms with Crippen molar-refractivity contribution >= 4 is 11.8 Å². The van der Waals surface area contributed by atoms with Gasteiger partial charge in [0.25, 0.3) is 5.91 Å². The van der Waals surface area contributed by atoms with Crippen molar-refractivity contribution in [2.24, 2.45) is 23.2 Å². The van der Waals surface area contributed by atoms with Crippen LogP contribution in [0.2, 0.25) is 0 Å². The zero-order chi connectivity index (χ0) is 16.7. The number of amides is 2. The molecular formula is C20H26N2O2. The molecule has 4 aliphatic carbocycles. The SMILES string of the molecule is CNC(=O)[C@H](NC(=O)c1ccccc1)C12CC3CC(CC(C3)C1)C2. The summed E-state index contributed by atoms with van der Waals surface area (Å²) in [5.74, 6) is 2.06. The molecule has 0 spiro atoms. The number of hydrogen-bond donors (Lipinski definition) is 2. The number of carbonyl (C=O) groups is 2. The Balaban J connectivity index is 1.60. The lowest BCUT2D eigenvalue weighted by Gasteiger charge is -2.58. The standard InChI is InChI=1S/C20H26N2O2/c1-21-19(24)17(22-18(23)16-5-3-2-4-6-16)20-10-13-7-14(11-20)9-15(8-13)12-20/h2-6,13-15,17H,7-12H2,1H3,(H,21,24)(H,22,23)/t13?,14?,15?,17-,20?/m0/s1. The fourth-order valence-corrected chi connectivity index (χ4v) is 5.98. The first-order valence-corrected chi connectivity index (χ1v) is 9.17. The van der Waals surface area contributed by atoms with Gasteiger partial charge in [-0.2, -0.15) is 0 Å². The van der Waals surface area contributed by atoms with Gasteiger partial charge < -0.3 is 10.6 Å². The summed E-state index contributed by atoms with van der Waals surface area (Å²) in [7, 11) is 1.67. The predicted octanol–water partition coefficient (Wildman–Crippen LogP) is 2.75. The molecule has 24 heavy (non-hydrogen) atoms. The summed E-state index contributed by atoms with van der Waals surface area (Å²) in [5, 5.41) is 5.88. The molecule has 1 atom stereocenters. The Kier molecular flexibility index (Phi) is 3.86. The third kappa shape index (κ3) is 2.62. The molecule has 4 nitrogen and oxygen atoms in total. The Morgan fingerprint density at radius 3 is 2.04 bits per heavy atom. The zero-order valence-corrected chi connectivity index (χ0v) is 14.3. The molecule has 4 bridgehead atoms. The van der Waals surface area contributed by atoms with E-state index < -0.39 is 6.04 Å². The fraction of sp³-hybridized carbons (Fsp3) is 0.600. The van der Waals surface area contributed by atoms with Crippen molar-refractivity contribution in [2.75, 3.05) is 7.05 Å². The number of rotatable bonds is 4. The van der Waals surface area contributed by atoms with Crippen LogP contribution in [0.5, 0.6) is 0 Å². The van der Waals surface area contributed by atoms with Crippen LogP contribution in [0.4, 0.5) is 0 Å². The van der Waals surface area contributed by atoms with E-state index in [9.17, 15) is 9.59 Å².